The quantitative estimate of drug-likeness (QED) is 0.364. The molecule has 9 heteroatoms. The Morgan fingerprint density at radius 1 is 0.923 bits per heavy atom. The Hall–Kier alpha value is -1.50. The fourth-order valence-electron chi connectivity index (χ4n) is 2.01. The molecule has 1 aliphatic heterocycles. The first kappa shape index (κ1) is 19.3. The Bertz CT molecular complexity index is 972. The van der Waals surface area contributed by atoms with E-state index in [9.17, 15) is 4.79 Å². The van der Waals surface area contributed by atoms with Gasteiger partial charge in [0.15, 0.2) is 5.17 Å². The Morgan fingerprint density at radius 2 is 1.54 bits per heavy atom. The lowest BCUT2D eigenvalue weighted by atomic mass is 10.2. The third kappa shape index (κ3) is 4.42. The van der Waals surface area contributed by atoms with E-state index in [1.54, 1.807) is 42.5 Å². The van der Waals surface area contributed by atoms with Crippen LogP contribution in [0.1, 0.15) is 11.1 Å². The number of nitrogens with one attached hydrogen (secondary N) is 1. The van der Waals surface area contributed by atoms with Crippen molar-refractivity contribution in [1.82, 2.24) is 5.32 Å². The van der Waals surface area contributed by atoms with Crippen molar-refractivity contribution < 1.29 is 4.79 Å². The Morgan fingerprint density at radius 3 is 2.23 bits per heavy atom. The predicted molar refractivity (Wildman–Crippen MR) is 112 cm³/mol. The minimum absolute atomic E-state index is 0.291. The number of hydrogen-bond donors (Lipinski definition) is 1. The van der Waals surface area contributed by atoms with E-state index in [4.69, 9.17) is 46.4 Å². The molecule has 0 unspecified atom stereocenters. The van der Waals surface area contributed by atoms with Gasteiger partial charge in [-0.2, -0.15) is 5.10 Å². The smallest absolute Gasteiger partial charge is 0.264 e. The molecular weight excluding hydrogens is 436 g/mol. The molecule has 0 atom stereocenters. The topological polar surface area (TPSA) is 53.8 Å². The van der Waals surface area contributed by atoms with Gasteiger partial charge in [-0.25, -0.2) is 0 Å². The third-order valence-electron chi connectivity index (χ3n) is 3.25. The molecule has 132 valence electrons. The molecule has 3 rings (SSSR count). The molecule has 1 aliphatic rings. The summed E-state index contributed by atoms with van der Waals surface area (Å²) in [5, 5.41) is 12.5. The molecule has 4 nitrogen and oxygen atoms in total. The van der Waals surface area contributed by atoms with Crippen LogP contribution in [0.5, 0.6) is 0 Å². The number of nitrogens with zero attached hydrogens (tertiary/aromatic N) is 2. The van der Waals surface area contributed by atoms with Crippen molar-refractivity contribution in [1.29, 1.82) is 0 Å². The number of carbonyl (C=O) groups excluding carboxylic acids is 1. The number of amides is 1. The van der Waals surface area contributed by atoms with Crippen LogP contribution in [0.4, 0.5) is 0 Å². The number of benzene rings is 2. The van der Waals surface area contributed by atoms with E-state index in [1.807, 2.05) is 0 Å². The van der Waals surface area contributed by atoms with Crippen LogP contribution in [-0.4, -0.2) is 17.3 Å². The van der Waals surface area contributed by atoms with Crippen molar-refractivity contribution in [2.24, 2.45) is 10.2 Å². The van der Waals surface area contributed by atoms with Crippen molar-refractivity contribution in [3.05, 3.63) is 72.5 Å². The molecule has 1 heterocycles. The Balaban J connectivity index is 1.78. The molecule has 2 aromatic rings. The van der Waals surface area contributed by atoms with Crippen LogP contribution >= 0.6 is 58.2 Å². The van der Waals surface area contributed by atoms with Gasteiger partial charge in [0, 0.05) is 5.56 Å². The van der Waals surface area contributed by atoms with Gasteiger partial charge in [0.1, 0.15) is 0 Å². The van der Waals surface area contributed by atoms with Crippen LogP contribution in [0.15, 0.2) is 51.5 Å². The van der Waals surface area contributed by atoms with E-state index in [2.05, 4.69) is 15.5 Å². The monoisotopic (exact) mass is 443 g/mol. The minimum Gasteiger partial charge on any atom is -0.299 e. The number of hydrogen-bond acceptors (Lipinski definition) is 4. The van der Waals surface area contributed by atoms with Gasteiger partial charge in [0.25, 0.3) is 5.91 Å². The molecule has 26 heavy (non-hydrogen) atoms. The van der Waals surface area contributed by atoms with Gasteiger partial charge < -0.3 is 0 Å². The second kappa shape index (κ2) is 8.46. The zero-order chi connectivity index (χ0) is 18.7. The summed E-state index contributed by atoms with van der Waals surface area (Å²) < 4.78 is 0. The molecule has 1 amide bonds. The van der Waals surface area contributed by atoms with Gasteiger partial charge in [-0.15, -0.1) is 5.10 Å². The molecule has 0 spiro atoms. The molecule has 2 aromatic carbocycles. The molecule has 1 N–H and O–H groups in total. The number of rotatable bonds is 3. The van der Waals surface area contributed by atoms with Crippen LogP contribution in [0.2, 0.25) is 20.1 Å². The summed E-state index contributed by atoms with van der Waals surface area (Å²) >= 11 is 25.3. The highest BCUT2D eigenvalue weighted by Gasteiger charge is 2.24. The van der Waals surface area contributed by atoms with Crippen LogP contribution in [0, 0.1) is 0 Å². The summed E-state index contributed by atoms with van der Waals surface area (Å²) in [5.74, 6) is -0.291. The van der Waals surface area contributed by atoms with Crippen molar-refractivity contribution in [2.75, 3.05) is 0 Å². The largest absolute Gasteiger partial charge is 0.299 e. The highest BCUT2D eigenvalue weighted by atomic mass is 35.5. The highest BCUT2D eigenvalue weighted by Crippen LogP contribution is 2.31. The SMILES string of the molecule is O=C1NC(=N/N=C\c2cccc(Cl)c2Cl)S/C1=C/c1cccc(Cl)c1Cl. The van der Waals surface area contributed by atoms with Crippen LogP contribution in [0.25, 0.3) is 6.08 Å². The Kier molecular flexibility index (Phi) is 6.27. The molecule has 1 saturated heterocycles. The van der Waals surface area contributed by atoms with Crippen molar-refractivity contribution in [3.63, 3.8) is 0 Å². The van der Waals surface area contributed by atoms with Gasteiger partial charge >= 0.3 is 0 Å². The van der Waals surface area contributed by atoms with Crippen molar-refractivity contribution >= 4 is 81.5 Å². The molecule has 0 aliphatic carbocycles. The van der Waals surface area contributed by atoms with Gasteiger partial charge in [-0.1, -0.05) is 70.7 Å². The molecule has 0 aromatic heterocycles. The lowest BCUT2D eigenvalue weighted by molar-refractivity contribution is -0.115. The number of thioether (sulfide) groups is 1. The lowest BCUT2D eigenvalue weighted by Crippen LogP contribution is -2.19. The zero-order valence-corrected chi connectivity index (χ0v) is 16.7. The number of amidine groups is 1. The standard InChI is InChI=1S/C17H9Cl4N3OS/c18-11-5-1-3-9(14(11)20)7-13-16(25)23-17(26-13)24-22-8-10-4-2-6-12(19)15(10)21/h1-8H,(H,23,24,25)/b13-7+,22-8-. The maximum atomic E-state index is 12.1. The average molecular weight is 445 g/mol. The summed E-state index contributed by atoms with van der Waals surface area (Å²) in [7, 11) is 0. The normalized spacial score (nSPS) is 17.5. The third-order valence-corrected chi connectivity index (χ3v) is 5.81. The summed E-state index contributed by atoms with van der Waals surface area (Å²) in [5.41, 5.74) is 1.27. The van der Waals surface area contributed by atoms with Gasteiger partial charge in [-0.05, 0) is 35.5 Å². The molecular formula is C17H9Cl4N3OS. The van der Waals surface area contributed by atoms with E-state index >= 15 is 0 Å². The van der Waals surface area contributed by atoms with E-state index in [0.29, 0.717) is 41.3 Å². The Labute approximate surface area is 173 Å². The van der Waals surface area contributed by atoms with Crippen LogP contribution in [-0.2, 0) is 4.79 Å². The minimum atomic E-state index is -0.291. The van der Waals surface area contributed by atoms with Crippen LogP contribution in [0.3, 0.4) is 0 Å². The van der Waals surface area contributed by atoms with E-state index in [1.165, 1.54) is 6.21 Å². The predicted octanol–water partition coefficient (Wildman–Crippen LogP) is 5.89. The first-order valence-corrected chi connectivity index (χ1v) is 9.48. The van der Waals surface area contributed by atoms with E-state index < -0.39 is 0 Å². The summed E-state index contributed by atoms with van der Waals surface area (Å²) in [6.07, 6.45) is 3.11. The van der Waals surface area contributed by atoms with Crippen molar-refractivity contribution in [3.8, 4) is 0 Å². The molecule has 1 fully saturated rings. The summed E-state index contributed by atoms with van der Waals surface area (Å²) in [6.45, 7) is 0. The lowest BCUT2D eigenvalue weighted by Gasteiger charge is -2.00. The maximum Gasteiger partial charge on any atom is 0.264 e. The van der Waals surface area contributed by atoms with Gasteiger partial charge in [0.2, 0.25) is 0 Å². The second-order valence-corrected chi connectivity index (χ2v) is 7.60. The first-order valence-electron chi connectivity index (χ1n) is 7.15. The zero-order valence-electron chi connectivity index (χ0n) is 12.8. The fourth-order valence-corrected chi connectivity index (χ4v) is 3.50. The number of carbonyl (C=O) groups is 1. The highest BCUT2D eigenvalue weighted by molar-refractivity contribution is 8.18. The summed E-state index contributed by atoms with van der Waals surface area (Å²) in [6, 6.07) is 10.4. The first-order chi connectivity index (χ1) is 12.5. The van der Waals surface area contributed by atoms with E-state index in [-0.39, 0.29) is 5.91 Å². The number of halogens is 4. The van der Waals surface area contributed by atoms with E-state index in [0.717, 1.165) is 11.8 Å². The summed E-state index contributed by atoms with van der Waals surface area (Å²) in [4.78, 5) is 12.5. The maximum absolute atomic E-state index is 12.1. The van der Waals surface area contributed by atoms with Crippen molar-refractivity contribution in [2.45, 2.75) is 0 Å². The molecule has 0 radical (unpaired) electrons. The molecule has 0 saturated carbocycles. The van der Waals surface area contributed by atoms with Gasteiger partial charge in [-0.3, -0.25) is 10.1 Å². The van der Waals surface area contributed by atoms with Gasteiger partial charge in [0.05, 0.1) is 31.2 Å². The molecule has 0 bridgehead atoms. The fraction of sp³-hybridized carbons (Fsp3) is 0. The average Bonchev–Trinajstić information content (AvgIpc) is 2.95. The second-order valence-electron chi connectivity index (χ2n) is 5.00. The van der Waals surface area contributed by atoms with Crippen LogP contribution < -0.4 is 5.32 Å².